The second-order valence-corrected chi connectivity index (χ2v) is 6.21. The largest absolute Gasteiger partial charge is 0.427 e. The quantitative estimate of drug-likeness (QED) is 0.732. The lowest BCUT2D eigenvalue weighted by molar-refractivity contribution is -0.134. The highest BCUT2D eigenvalue weighted by atomic mass is 32.1. The van der Waals surface area contributed by atoms with Crippen molar-refractivity contribution < 1.29 is 18.0 Å². The Morgan fingerprint density at radius 2 is 2.00 bits per heavy atom. The predicted molar refractivity (Wildman–Crippen MR) is 80.2 cm³/mol. The van der Waals surface area contributed by atoms with Crippen molar-refractivity contribution in [3.63, 3.8) is 0 Å². The Hall–Kier alpha value is -2.22. The van der Waals surface area contributed by atoms with E-state index in [0.29, 0.717) is 17.0 Å². The van der Waals surface area contributed by atoms with Crippen LogP contribution in [-0.2, 0) is 30.9 Å². The maximum Gasteiger partial charge on any atom is 0.427 e. The van der Waals surface area contributed by atoms with Gasteiger partial charge in [0.05, 0.1) is 30.2 Å². The smallest absolute Gasteiger partial charge is 0.299 e. The van der Waals surface area contributed by atoms with Crippen LogP contribution in [0.25, 0.3) is 10.9 Å². The SMILES string of the molecule is Cn1nc(CC(=O)Cc2ncc(C(F)(F)F)s2)c2ccccc21. The average Bonchev–Trinajstić information content (AvgIpc) is 3.05. The second-order valence-electron chi connectivity index (χ2n) is 5.10. The Bertz CT molecular complexity index is 866. The molecule has 0 N–H and O–H groups in total. The van der Waals surface area contributed by atoms with Gasteiger partial charge in [0.1, 0.15) is 15.7 Å². The third-order valence-electron chi connectivity index (χ3n) is 3.38. The number of halogens is 3. The monoisotopic (exact) mass is 339 g/mol. The molecular formula is C15H12F3N3OS. The third-order valence-corrected chi connectivity index (χ3v) is 4.42. The number of rotatable bonds is 4. The molecule has 23 heavy (non-hydrogen) atoms. The minimum atomic E-state index is -4.42. The van der Waals surface area contributed by atoms with Gasteiger partial charge in [-0.3, -0.25) is 9.48 Å². The molecule has 0 aliphatic rings. The number of aromatic nitrogens is 3. The van der Waals surface area contributed by atoms with Crippen LogP contribution in [0.5, 0.6) is 0 Å². The summed E-state index contributed by atoms with van der Waals surface area (Å²) in [5.74, 6) is -0.211. The van der Waals surface area contributed by atoms with Crippen molar-refractivity contribution in [2.75, 3.05) is 0 Å². The Balaban J connectivity index is 1.75. The van der Waals surface area contributed by atoms with E-state index < -0.39 is 11.1 Å². The number of fused-ring (bicyclic) bond motifs is 1. The zero-order chi connectivity index (χ0) is 16.6. The van der Waals surface area contributed by atoms with Crippen molar-refractivity contribution >= 4 is 28.0 Å². The van der Waals surface area contributed by atoms with E-state index in [1.54, 1.807) is 11.7 Å². The molecule has 0 aliphatic heterocycles. The number of alkyl halides is 3. The fraction of sp³-hybridized carbons (Fsp3) is 0.267. The maximum atomic E-state index is 12.5. The van der Waals surface area contributed by atoms with Crippen molar-refractivity contribution in [3.05, 3.63) is 46.0 Å². The predicted octanol–water partition coefficient (Wildman–Crippen LogP) is 3.40. The molecule has 8 heteroatoms. The highest BCUT2D eigenvalue weighted by molar-refractivity contribution is 7.11. The molecular weight excluding hydrogens is 327 g/mol. The van der Waals surface area contributed by atoms with Crippen LogP contribution in [0.15, 0.2) is 30.5 Å². The normalized spacial score (nSPS) is 12.0. The van der Waals surface area contributed by atoms with Gasteiger partial charge in [0.2, 0.25) is 0 Å². The lowest BCUT2D eigenvalue weighted by atomic mass is 10.1. The van der Waals surface area contributed by atoms with E-state index in [9.17, 15) is 18.0 Å². The molecule has 0 radical (unpaired) electrons. The number of carbonyl (C=O) groups is 1. The van der Waals surface area contributed by atoms with Crippen LogP contribution in [0, 0.1) is 0 Å². The minimum absolute atomic E-state index is 0.0717. The molecule has 2 heterocycles. The van der Waals surface area contributed by atoms with Gasteiger partial charge in [0, 0.05) is 12.4 Å². The number of benzene rings is 1. The molecule has 3 aromatic rings. The molecule has 0 atom stereocenters. The summed E-state index contributed by atoms with van der Waals surface area (Å²) in [4.78, 5) is 15.0. The summed E-state index contributed by atoms with van der Waals surface area (Å²) in [6.07, 6.45) is -3.70. The van der Waals surface area contributed by atoms with Gasteiger partial charge in [0.15, 0.2) is 0 Å². The van der Waals surface area contributed by atoms with Gasteiger partial charge in [-0.2, -0.15) is 18.3 Å². The van der Waals surface area contributed by atoms with Crippen molar-refractivity contribution in [2.24, 2.45) is 7.05 Å². The number of hydrogen-bond acceptors (Lipinski definition) is 4. The molecule has 3 rings (SSSR count). The summed E-state index contributed by atoms with van der Waals surface area (Å²) in [5.41, 5.74) is 1.53. The van der Waals surface area contributed by atoms with Gasteiger partial charge in [0.25, 0.3) is 0 Å². The summed E-state index contributed by atoms with van der Waals surface area (Å²) < 4.78 is 39.3. The second kappa shape index (κ2) is 5.77. The molecule has 4 nitrogen and oxygen atoms in total. The van der Waals surface area contributed by atoms with Gasteiger partial charge in [-0.1, -0.05) is 18.2 Å². The third kappa shape index (κ3) is 3.26. The fourth-order valence-electron chi connectivity index (χ4n) is 2.36. The van der Waals surface area contributed by atoms with Crippen LogP contribution < -0.4 is 0 Å². The number of aryl methyl sites for hydroxylation is 1. The van der Waals surface area contributed by atoms with Crippen molar-refractivity contribution in [1.82, 2.24) is 14.8 Å². The number of ketones is 1. The highest BCUT2D eigenvalue weighted by Crippen LogP contribution is 2.33. The van der Waals surface area contributed by atoms with Gasteiger partial charge in [-0.25, -0.2) is 4.98 Å². The van der Waals surface area contributed by atoms with E-state index in [1.165, 1.54) is 0 Å². The summed E-state index contributed by atoms with van der Waals surface area (Å²) in [6, 6.07) is 7.50. The highest BCUT2D eigenvalue weighted by Gasteiger charge is 2.33. The molecule has 0 bridgehead atoms. The number of para-hydroxylation sites is 1. The zero-order valence-corrected chi connectivity index (χ0v) is 12.9. The maximum absolute atomic E-state index is 12.5. The Kier molecular flexibility index (Phi) is 3.93. The van der Waals surface area contributed by atoms with Crippen LogP contribution in [0.2, 0.25) is 0 Å². The lowest BCUT2D eigenvalue weighted by Crippen LogP contribution is -2.07. The minimum Gasteiger partial charge on any atom is -0.299 e. The summed E-state index contributed by atoms with van der Waals surface area (Å²) in [6.45, 7) is 0. The first-order valence-corrected chi connectivity index (χ1v) is 7.60. The first kappa shape index (κ1) is 15.7. The molecule has 2 aromatic heterocycles. The van der Waals surface area contributed by atoms with Gasteiger partial charge >= 0.3 is 6.18 Å². The fourth-order valence-corrected chi connectivity index (χ4v) is 3.17. The van der Waals surface area contributed by atoms with E-state index in [-0.39, 0.29) is 23.6 Å². The van der Waals surface area contributed by atoms with E-state index in [1.807, 2.05) is 24.3 Å². The zero-order valence-electron chi connectivity index (χ0n) is 12.1. The lowest BCUT2D eigenvalue weighted by Gasteiger charge is -1.99. The summed E-state index contributed by atoms with van der Waals surface area (Å²) in [7, 11) is 1.78. The summed E-state index contributed by atoms with van der Waals surface area (Å²) >= 11 is 0.505. The number of carbonyl (C=O) groups excluding carboxylic acids is 1. The molecule has 0 saturated heterocycles. The molecule has 0 fully saturated rings. The van der Waals surface area contributed by atoms with E-state index in [4.69, 9.17) is 0 Å². The Morgan fingerprint density at radius 3 is 2.70 bits per heavy atom. The van der Waals surface area contributed by atoms with Crippen molar-refractivity contribution in [2.45, 2.75) is 19.0 Å². The van der Waals surface area contributed by atoms with E-state index >= 15 is 0 Å². The first-order valence-electron chi connectivity index (χ1n) is 6.79. The van der Waals surface area contributed by atoms with E-state index in [0.717, 1.165) is 17.1 Å². The first-order chi connectivity index (χ1) is 10.8. The van der Waals surface area contributed by atoms with Crippen LogP contribution in [0.1, 0.15) is 15.6 Å². The van der Waals surface area contributed by atoms with Gasteiger partial charge in [-0.15, -0.1) is 11.3 Å². The van der Waals surface area contributed by atoms with Crippen LogP contribution >= 0.6 is 11.3 Å². The molecule has 0 saturated carbocycles. The van der Waals surface area contributed by atoms with Crippen LogP contribution in [-0.4, -0.2) is 20.5 Å². The molecule has 0 amide bonds. The number of thiazole rings is 1. The van der Waals surface area contributed by atoms with Gasteiger partial charge in [-0.05, 0) is 6.07 Å². The molecule has 0 aliphatic carbocycles. The van der Waals surface area contributed by atoms with Gasteiger partial charge < -0.3 is 0 Å². The number of nitrogens with zero attached hydrogens (tertiary/aromatic N) is 3. The van der Waals surface area contributed by atoms with Crippen LogP contribution in [0.3, 0.4) is 0 Å². The number of hydrogen-bond donors (Lipinski definition) is 0. The molecule has 1 aromatic carbocycles. The Morgan fingerprint density at radius 1 is 1.26 bits per heavy atom. The standard InChI is InChI=1S/C15H12F3N3OS/c1-21-12-5-3-2-4-10(12)11(20-21)6-9(22)7-14-19-8-13(23-14)15(16,17)18/h2-5,8H,6-7H2,1H3. The number of Topliss-reactive ketones (excluding diaryl/α,β-unsaturated/α-hetero) is 1. The topological polar surface area (TPSA) is 47.8 Å². The Labute approximate surface area is 133 Å². The molecule has 120 valence electrons. The van der Waals surface area contributed by atoms with Crippen molar-refractivity contribution in [1.29, 1.82) is 0 Å². The van der Waals surface area contributed by atoms with E-state index in [2.05, 4.69) is 10.1 Å². The van der Waals surface area contributed by atoms with Crippen LogP contribution in [0.4, 0.5) is 13.2 Å². The molecule has 0 spiro atoms. The molecule has 0 unspecified atom stereocenters. The average molecular weight is 339 g/mol. The summed E-state index contributed by atoms with van der Waals surface area (Å²) in [5, 5.41) is 5.36. The van der Waals surface area contributed by atoms with Crippen molar-refractivity contribution in [3.8, 4) is 0 Å².